The molecule has 1 fully saturated rings. The molecule has 19 heavy (non-hydrogen) atoms. The lowest BCUT2D eigenvalue weighted by Crippen LogP contribution is -2.32. The molecule has 1 atom stereocenters. The van der Waals surface area contributed by atoms with Crippen LogP contribution >= 0.6 is 0 Å². The number of carbonyl (C=O) groups excluding carboxylic acids is 3. The van der Waals surface area contributed by atoms with Crippen LogP contribution in [-0.4, -0.2) is 39.5 Å². The Morgan fingerprint density at radius 2 is 1.21 bits per heavy atom. The van der Waals surface area contributed by atoms with Gasteiger partial charge in [0.05, 0.1) is 6.42 Å². The predicted molar refractivity (Wildman–Crippen MR) is 56.9 cm³/mol. The van der Waals surface area contributed by atoms with Crippen molar-refractivity contribution in [2.45, 2.75) is 39.3 Å². The molecule has 1 saturated carbocycles. The average Bonchev–Trinajstić information content (AvgIpc) is 2.67. The highest BCUT2D eigenvalue weighted by Crippen LogP contribution is 2.44. The fraction of sp³-hybridized carbons (Fsp3) is 0.667. The maximum absolute atomic E-state index is 11.2. The Morgan fingerprint density at radius 1 is 1.00 bits per heavy atom. The molecule has 0 heterocycles. The lowest BCUT2D eigenvalue weighted by atomic mass is 10.8. The lowest BCUT2D eigenvalue weighted by Gasteiger charge is -2.12. The molecule has 0 aromatic rings. The minimum Gasteiger partial charge on any atom is -0.458 e. The molecule has 1 unspecified atom stereocenters. The molecule has 0 aromatic heterocycles. The van der Waals surface area contributed by atoms with Crippen LogP contribution in [0.4, 0.5) is 13.2 Å². The van der Waals surface area contributed by atoms with Crippen LogP contribution in [0.15, 0.2) is 0 Å². The first-order valence-electron chi connectivity index (χ1n) is 5.08. The van der Waals surface area contributed by atoms with Gasteiger partial charge in [0.2, 0.25) is 0 Å². The average molecular weight is 302 g/mol. The Morgan fingerprint density at radius 3 is 1.32 bits per heavy atom. The van der Waals surface area contributed by atoms with E-state index in [1.807, 2.05) is 0 Å². The molecule has 0 amide bonds. The summed E-state index contributed by atoms with van der Waals surface area (Å²) in [4.78, 5) is 31.3. The van der Waals surface area contributed by atoms with Crippen molar-refractivity contribution in [2.24, 2.45) is 0 Å². The smallest absolute Gasteiger partial charge is 0.458 e. The van der Waals surface area contributed by atoms with Gasteiger partial charge in [-0.25, -0.2) is 13.2 Å². The van der Waals surface area contributed by atoms with Crippen molar-refractivity contribution in [2.75, 3.05) is 0 Å². The third kappa shape index (κ3) is 9.05. The number of alkyl halides is 3. The minimum atomic E-state index is -2.96. The molecule has 1 aliphatic rings. The van der Waals surface area contributed by atoms with Crippen molar-refractivity contribution in [1.82, 2.24) is 0 Å². The highest BCUT2D eigenvalue weighted by Gasteiger charge is 2.58. The normalized spacial score (nSPS) is 18.8. The molecular formula is C9H13F3O6Si. The summed E-state index contributed by atoms with van der Waals surface area (Å²) in [6.07, 6.45) is -2.40. The van der Waals surface area contributed by atoms with Gasteiger partial charge in [-0.05, 0) is 0 Å². The summed E-state index contributed by atoms with van der Waals surface area (Å²) in [7, 11) is -2.96. The second kappa shape index (κ2) is 7.12. The second-order valence-electron chi connectivity index (χ2n) is 3.55. The van der Waals surface area contributed by atoms with Gasteiger partial charge in [-0.15, -0.1) is 0 Å². The Kier molecular flexibility index (Phi) is 6.52. The van der Waals surface area contributed by atoms with E-state index in [0.717, 1.165) is 20.8 Å². The number of rotatable bonds is 3. The SMILES string of the molecule is CC(=O)O[SiH](OC(C)=O)OC(C)=O.FC1CC1(F)F. The van der Waals surface area contributed by atoms with Gasteiger partial charge in [0.25, 0.3) is 23.8 Å². The van der Waals surface area contributed by atoms with Crippen LogP contribution in [0.5, 0.6) is 0 Å². The Hall–Kier alpha value is -1.58. The van der Waals surface area contributed by atoms with Gasteiger partial charge in [0.1, 0.15) is 0 Å². The van der Waals surface area contributed by atoms with Crippen molar-refractivity contribution < 1.29 is 40.8 Å². The summed E-state index contributed by atoms with van der Waals surface area (Å²) in [5.74, 6) is -4.92. The van der Waals surface area contributed by atoms with Crippen LogP contribution in [0.3, 0.4) is 0 Å². The fourth-order valence-electron chi connectivity index (χ4n) is 0.659. The summed E-state index contributed by atoms with van der Waals surface area (Å²) in [6.45, 7) is 3.40. The van der Waals surface area contributed by atoms with Gasteiger partial charge in [-0.2, -0.15) is 0 Å². The first kappa shape index (κ1) is 17.4. The summed E-state index contributed by atoms with van der Waals surface area (Å²) in [5.41, 5.74) is 0. The van der Waals surface area contributed by atoms with Crippen LogP contribution in [0.1, 0.15) is 27.2 Å². The van der Waals surface area contributed by atoms with E-state index in [1.54, 1.807) is 0 Å². The zero-order valence-electron chi connectivity index (χ0n) is 10.4. The third-order valence-corrected chi connectivity index (χ3v) is 3.11. The zero-order chi connectivity index (χ0) is 15.2. The zero-order valence-corrected chi connectivity index (χ0v) is 11.6. The van der Waals surface area contributed by atoms with Crippen molar-refractivity contribution in [3.05, 3.63) is 0 Å². The molecule has 0 saturated heterocycles. The van der Waals surface area contributed by atoms with Crippen molar-refractivity contribution in [3.63, 3.8) is 0 Å². The van der Waals surface area contributed by atoms with Crippen molar-refractivity contribution >= 4 is 27.4 Å². The van der Waals surface area contributed by atoms with Gasteiger partial charge < -0.3 is 13.3 Å². The topological polar surface area (TPSA) is 78.9 Å². The quantitative estimate of drug-likeness (QED) is 0.716. The summed E-state index contributed by atoms with van der Waals surface area (Å²) in [6, 6.07) is 0. The van der Waals surface area contributed by atoms with Crippen LogP contribution < -0.4 is 0 Å². The first-order chi connectivity index (χ1) is 8.54. The largest absolute Gasteiger partial charge is 0.689 e. The Bertz CT molecular complexity index is 324. The number of hydrogen-bond donors (Lipinski definition) is 0. The Labute approximate surface area is 108 Å². The number of carbonyl (C=O) groups is 3. The van der Waals surface area contributed by atoms with Crippen molar-refractivity contribution in [1.29, 1.82) is 0 Å². The van der Waals surface area contributed by atoms with E-state index in [-0.39, 0.29) is 0 Å². The van der Waals surface area contributed by atoms with E-state index in [4.69, 9.17) is 0 Å². The van der Waals surface area contributed by atoms with Crippen LogP contribution in [0.2, 0.25) is 0 Å². The molecule has 0 spiro atoms. The van der Waals surface area contributed by atoms with Gasteiger partial charge in [0.15, 0.2) is 6.17 Å². The van der Waals surface area contributed by atoms with E-state index in [0.29, 0.717) is 0 Å². The van der Waals surface area contributed by atoms with E-state index < -0.39 is 46.0 Å². The highest BCUT2D eigenvalue weighted by molar-refractivity contribution is 6.43. The standard InChI is InChI=1S/C6H10O6Si.C3H3F3/c1-4(7)10-13(11-5(2)8)12-6(3)9;4-2-1-3(2,5)6/h13H,1-3H3;2H,1H2. The fourth-order valence-corrected chi connectivity index (χ4v) is 1.62. The molecule has 10 heteroatoms. The lowest BCUT2D eigenvalue weighted by molar-refractivity contribution is -0.144. The Balaban J connectivity index is 0.000000443. The van der Waals surface area contributed by atoms with E-state index in [1.165, 1.54) is 0 Å². The number of halogens is 3. The molecule has 0 radical (unpaired) electrons. The molecular weight excluding hydrogens is 289 g/mol. The molecule has 1 aliphatic carbocycles. The molecule has 0 N–H and O–H groups in total. The van der Waals surface area contributed by atoms with E-state index in [9.17, 15) is 27.6 Å². The molecule has 6 nitrogen and oxygen atoms in total. The molecule has 1 rings (SSSR count). The monoisotopic (exact) mass is 302 g/mol. The molecule has 0 bridgehead atoms. The van der Waals surface area contributed by atoms with Crippen LogP contribution in [0.25, 0.3) is 0 Å². The summed E-state index contributed by atoms with van der Waals surface area (Å²) >= 11 is 0. The summed E-state index contributed by atoms with van der Waals surface area (Å²) < 4.78 is 46.9. The highest BCUT2D eigenvalue weighted by atomic mass is 28.3. The summed E-state index contributed by atoms with van der Waals surface area (Å²) in [5, 5.41) is 0. The van der Waals surface area contributed by atoms with Gasteiger partial charge in [-0.1, -0.05) is 0 Å². The van der Waals surface area contributed by atoms with Gasteiger partial charge in [-0.3, -0.25) is 14.4 Å². The maximum Gasteiger partial charge on any atom is 0.689 e. The second-order valence-corrected chi connectivity index (χ2v) is 4.83. The first-order valence-corrected chi connectivity index (χ1v) is 6.49. The molecule has 0 aliphatic heterocycles. The molecule has 110 valence electrons. The van der Waals surface area contributed by atoms with Crippen LogP contribution in [0, 0.1) is 0 Å². The van der Waals surface area contributed by atoms with E-state index >= 15 is 0 Å². The minimum absolute atomic E-state index is 0.562. The third-order valence-electron chi connectivity index (χ3n) is 1.54. The number of hydrogen-bond acceptors (Lipinski definition) is 6. The predicted octanol–water partition coefficient (Wildman–Crippen LogP) is 0.756. The molecule has 0 aromatic carbocycles. The van der Waals surface area contributed by atoms with Crippen molar-refractivity contribution in [3.8, 4) is 0 Å². The van der Waals surface area contributed by atoms with Crippen LogP contribution in [-0.2, 0) is 27.7 Å². The maximum atomic E-state index is 11.2. The van der Waals surface area contributed by atoms with Gasteiger partial charge in [0, 0.05) is 20.8 Å². The van der Waals surface area contributed by atoms with Gasteiger partial charge >= 0.3 is 9.53 Å². The van der Waals surface area contributed by atoms with E-state index in [2.05, 4.69) is 13.3 Å².